The number of hydrogen-bond acceptors (Lipinski definition) is 6. The second kappa shape index (κ2) is 8.58. The van der Waals surface area contributed by atoms with Crippen LogP contribution in [0.3, 0.4) is 0 Å². The number of benzene rings is 2. The topological polar surface area (TPSA) is 77.8 Å². The van der Waals surface area contributed by atoms with E-state index in [1.54, 1.807) is 24.3 Å². The first-order chi connectivity index (χ1) is 12.6. The van der Waals surface area contributed by atoms with Crippen LogP contribution in [-0.4, -0.2) is 27.3 Å². The van der Waals surface area contributed by atoms with Crippen LogP contribution >= 0.6 is 0 Å². The average Bonchev–Trinajstić information content (AvgIpc) is 2.67. The van der Waals surface area contributed by atoms with Gasteiger partial charge in [-0.05, 0) is 31.2 Å². The molecule has 0 bridgehead atoms. The Morgan fingerprint density at radius 1 is 1.00 bits per heavy atom. The molecule has 6 nitrogen and oxygen atoms in total. The number of methoxy groups -OCH3 is 3. The van der Waals surface area contributed by atoms with Gasteiger partial charge < -0.3 is 18.9 Å². The standard InChI is InChI=1S/C20H19NO5/c1-5-6-14-10-15(11-18(24-3)19(14)25-4)20(22)26-16-8-7-13(12-21)9-17(16)23-2/h5-11H,1-4H3/b6-5+. The second-order valence-corrected chi connectivity index (χ2v) is 5.17. The van der Waals surface area contributed by atoms with Crippen LogP contribution in [-0.2, 0) is 0 Å². The van der Waals surface area contributed by atoms with E-state index >= 15 is 0 Å². The molecule has 2 aromatic carbocycles. The first-order valence-corrected chi connectivity index (χ1v) is 7.77. The van der Waals surface area contributed by atoms with Crippen molar-refractivity contribution in [3.05, 3.63) is 53.1 Å². The van der Waals surface area contributed by atoms with Crippen molar-refractivity contribution in [2.45, 2.75) is 6.92 Å². The Morgan fingerprint density at radius 3 is 2.31 bits per heavy atom. The molecule has 0 aliphatic rings. The number of nitrogens with zero attached hydrogens (tertiary/aromatic N) is 1. The summed E-state index contributed by atoms with van der Waals surface area (Å²) in [5.74, 6) is 0.880. The molecular formula is C20H19NO5. The molecule has 0 aliphatic carbocycles. The molecule has 0 heterocycles. The van der Waals surface area contributed by atoms with E-state index in [4.69, 9.17) is 24.2 Å². The molecule has 0 aromatic heterocycles. The first-order valence-electron chi connectivity index (χ1n) is 7.77. The quantitative estimate of drug-likeness (QED) is 0.580. The number of allylic oxidation sites excluding steroid dienone is 1. The molecule has 2 rings (SSSR count). The number of carbonyl (C=O) groups is 1. The molecule has 0 fully saturated rings. The summed E-state index contributed by atoms with van der Waals surface area (Å²) in [6.07, 6.45) is 3.64. The predicted molar refractivity (Wildman–Crippen MR) is 96.9 cm³/mol. The predicted octanol–water partition coefficient (Wildman–Crippen LogP) is 3.84. The lowest BCUT2D eigenvalue weighted by atomic mass is 10.1. The van der Waals surface area contributed by atoms with Crippen molar-refractivity contribution < 1.29 is 23.7 Å². The van der Waals surface area contributed by atoms with Crippen LogP contribution < -0.4 is 18.9 Å². The SMILES string of the molecule is C/C=C/c1cc(C(=O)Oc2ccc(C#N)cc2OC)cc(OC)c1OC. The van der Waals surface area contributed by atoms with Crippen LogP contribution in [0.4, 0.5) is 0 Å². The highest BCUT2D eigenvalue weighted by Gasteiger charge is 2.18. The van der Waals surface area contributed by atoms with Gasteiger partial charge in [0.15, 0.2) is 23.0 Å². The molecule has 0 saturated heterocycles. The largest absolute Gasteiger partial charge is 0.493 e. The zero-order chi connectivity index (χ0) is 19.1. The van der Waals surface area contributed by atoms with Crippen molar-refractivity contribution in [1.29, 1.82) is 5.26 Å². The van der Waals surface area contributed by atoms with Crippen LogP contribution in [0.5, 0.6) is 23.0 Å². The summed E-state index contributed by atoms with van der Waals surface area (Å²) in [5.41, 5.74) is 1.39. The van der Waals surface area contributed by atoms with Gasteiger partial charge in [-0.15, -0.1) is 0 Å². The molecule has 0 atom stereocenters. The highest BCUT2D eigenvalue weighted by atomic mass is 16.6. The first kappa shape index (κ1) is 18.9. The normalized spacial score (nSPS) is 10.3. The Bertz CT molecular complexity index is 881. The third kappa shape index (κ3) is 3.95. The molecule has 0 N–H and O–H groups in total. The van der Waals surface area contributed by atoms with Gasteiger partial charge in [-0.25, -0.2) is 4.79 Å². The summed E-state index contributed by atoms with van der Waals surface area (Å²) < 4.78 is 21.3. The Balaban J connectivity index is 2.41. The fourth-order valence-electron chi connectivity index (χ4n) is 2.40. The van der Waals surface area contributed by atoms with Gasteiger partial charge >= 0.3 is 5.97 Å². The van der Waals surface area contributed by atoms with E-state index < -0.39 is 5.97 Å². The van der Waals surface area contributed by atoms with E-state index in [1.165, 1.54) is 33.5 Å². The fraction of sp³-hybridized carbons (Fsp3) is 0.200. The van der Waals surface area contributed by atoms with Gasteiger partial charge in [0.25, 0.3) is 0 Å². The van der Waals surface area contributed by atoms with Crippen LogP contribution in [0.1, 0.15) is 28.4 Å². The Hall–Kier alpha value is -3.46. The number of esters is 1. The smallest absolute Gasteiger partial charge is 0.343 e. The lowest BCUT2D eigenvalue weighted by Gasteiger charge is -2.14. The summed E-state index contributed by atoms with van der Waals surface area (Å²) in [7, 11) is 4.47. The maximum absolute atomic E-state index is 12.6. The zero-order valence-corrected chi connectivity index (χ0v) is 15.0. The minimum Gasteiger partial charge on any atom is -0.493 e. The van der Waals surface area contributed by atoms with Crippen LogP contribution in [0.25, 0.3) is 6.08 Å². The van der Waals surface area contributed by atoms with E-state index in [0.29, 0.717) is 33.9 Å². The number of rotatable bonds is 6. The van der Waals surface area contributed by atoms with Gasteiger partial charge in [-0.2, -0.15) is 5.26 Å². The van der Waals surface area contributed by atoms with Crippen molar-refractivity contribution in [2.75, 3.05) is 21.3 Å². The summed E-state index contributed by atoms with van der Waals surface area (Å²) in [6, 6.07) is 9.77. The maximum Gasteiger partial charge on any atom is 0.343 e. The lowest BCUT2D eigenvalue weighted by Crippen LogP contribution is -2.10. The summed E-state index contributed by atoms with van der Waals surface area (Å²) >= 11 is 0. The molecule has 2 aromatic rings. The van der Waals surface area contributed by atoms with Crippen molar-refractivity contribution in [3.8, 4) is 29.1 Å². The second-order valence-electron chi connectivity index (χ2n) is 5.17. The molecule has 0 spiro atoms. The molecule has 0 aliphatic heterocycles. The number of carbonyl (C=O) groups excluding carboxylic acids is 1. The van der Waals surface area contributed by atoms with Crippen LogP contribution in [0.15, 0.2) is 36.4 Å². The molecule has 0 radical (unpaired) electrons. The Kier molecular flexibility index (Phi) is 6.23. The molecule has 0 saturated carbocycles. The summed E-state index contributed by atoms with van der Waals surface area (Å²) in [5, 5.41) is 8.95. The van der Waals surface area contributed by atoms with Gasteiger partial charge in [-0.3, -0.25) is 0 Å². The van der Waals surface area contributed by atoms with Gasteiger partial charge in [0, 0.05) is 11.6 Å². The minimum absolute atomic E-state index is 0.221. The van der Waals surface area contributed by atoms with Crippen molar-refractivity contribution >= 4 is 12.0 Å². The summed E-state index contributed by atoms with van der Waals surface area (Å²) in [4.78, 5) is 12.6. The van der Waals surface area contributed by atoms with E-state index in [-0.39, 0.29) is 5.75 Å². The zero-order valence-electron chi connectivity index (χ0n) is 15.0. The van der Waals surface area contributed by atoms with Gasteiger partial charge in [0.05, 0.1) is 38.5 Å². The monoisotopic (exact) mass is 353 g/mol. The van der Waals surface area contributed by atoms with E-state index in [0.717, 1.165) is 0 Å². The van der Waals surface area contributed by atoms with Gasteiger partial charge in [0.2, 0.25) is 0 Å². The van der Waals surface area contributed by atoms with E-state index in [9.17, 15) is 4.79 Å². The maximum atomic E-state index is 12.6. The average molecular weight is 353 g/mol. The molecule has 134 valence electrons. The summed E-state index contributed by atoms with van der Waals surface area (Å²) in [6.45, 7) is 1.86. The third-order valence-corrected chi connectivity index (χ3v) is 3.58. The minimum atomic E-state index is -0.584. The lowest BCUT2D eigenvalue weighted by molar-refractivity contribution is 0.0729. The van der Waals surface area contributed by atoms with Crippen molar-refractivity contribution in [2.24, 2.45) is 0 Å². The van der Waals surface area contributed by atoms with Crippen LogP contribution in [0.2, 0.25) is 0 Å². The van der Waals surface area contributed by atoms with Crippen molar-refractivity contribution in [1.82, 2.24) is 0 Å². The van der Waals surface area contributed by atoms with Gasteiger partial charge in [0.1, 0.15) is 0 Å². The fourth-order valence-corrected chi connectivity index (χ4v) is 2.40. The highest BCUT2D eigenvalue weighted by Crippen LogP contribution is 2.35. The number of nitriles is 1. The molecule has 0 amide bonds. The third-order valence-electron chi connectivity index (χ3n) is 3.58. The van der Waals surface area contributed by atoms with Crippen LogP contribution in [0, 0.1) is 11.3 Å². The van der Waals surface area contributed by atoms with Crippen molar-refractivity contribution in [3.63, 3.8) is 0 Å². The Morgan fingerprint density at radius 2 is 1.73 bits per heavy atom. The number of ether oxygens (including phenoxy) is 4. The Labute approximate surface area is 152 Å². The molecular weight excluding hydrogens is 334 g/mol. The molecule has 0 unspecified atom stereocenters. The molecule has 6 heteroatoms. The highest BCUT2D eigenvalue weighted by molar-refractivity contribution is 5.93. The van der Waals surface area contributed by atoms with E-state index in [1.807, 2.05) is 19.1 Å². The molecule has 26 heavy (non-hydrogen) atoms. The van der Waals surface area contributed by atoms with E-state index in [2.05, 4.69) is 0 Å². The number of hydrogen-bond donors (Lipinski definition) is 0. The van der Waals surface area contributed by atoms with Gasteiger partial charge in [-0.1, -0.05) is 12.2 Å².